The first-order chi connectivity index (χ1) is 9.40. The summed E-state index contributed by atoms with van der Waals surface area (Å²) in [6.07, 6.45) is 6.31. The van der Waals surface area contributed by atoms with E-state index in [1.54, 1.807) is 0 Å². The number of hydrogen-bond acceptors (Lipinski definition) is 3. The van der Waals surface area contributed by atoms with Crippen LogP contribution in [0.5, 0.6) is 0 Å². The molecule has 0 N–H and O–H groups in total. The van der Waals surface area contributed by atoms with Crippen LogP contribution < -0.4 is 0 Å². The molecule has 3 rings (SSSR count). The number of esters is 1. The Hall–Kier alpha value is -0.860. The molecule has 3 aliphatic carbocycles. The normalized spacial score (nSPS) is 47.5. The van der Waals surface area contributed by atoms with Crippen molar-refractivity contribution < 1.29 is 14.3 Å². The fourth-order valence-electron chi connectivity index (χ4n) is 5.45. The number of hydrogen-bond donors (Lipinski definition) is 0. The maximum absolute atomic E-state index is 12.0. The number of ketones is 1. The molecule has 0 radical (unpaired) electrons. The number of fused-ring (bicyclic) bond motifs is 3. The van der Waals surface area contributed by atoms with Crippen LogP contribution in [0.1, 0.15) is 59.3 Å². The van der Waals surface area contributed by atoms with Crippen molar-refractivity contribution in [2.45, 2.75) is 65.4 Å². The van der Waals surface area contributed by atoms with Crippen LogP contribution in [0.3, 0.4) is 0 Å². The maximum atomic E-state index is 12.0. The third kappa shape index (κ3) is 2.19. The third-order valence-corrected chi connectivity index (χ3v) is 6.43. The molecule has 0 saturated heterocycles. The lowest BCUT2D eigenvalue weighted by Crippen LogP contribution is -2.45. The van der Waals surface area contributed by atoms with E-state index in [2.05, 4.69) is 13.8 Å². The van der Waals surface area contributed by atoms with Crippen molar-refractivity contribution in [1.82, 2.24) is 0 Å². The lowest BCUT2D eigenvalue weighted by Gasteiger charge is -2.50. The number of ether oxygens (including phenoxy) is 1. The molecular weight excluding hydrogens is 252 g/mol. The van der Waals surface area contributed by atoms with Gasteiger partial charge in [-0.15, -0.1) is 0 Å². The van der Waals surface area contributed by atoms with Gasteiger partial charge in [0.25, 0.3) is 0 Å². The van der Waals surface area contributed by atoms with Gasteiger partial charge in [-0.2, -0.15) is 0 Å². The van der Waals surface area contributed by atoms with Gasteiger partial charge in [0.2, 0.25) is 0 Å². The van der Waals surface area contributed by atoms with Gasteiger partial charge in [-0.25, -0.2) is 0 Å². The second kappa shape index (κ2) is 4.85. The Balaban J connectivity index is 1.78. The molecule has 6 atom stereocenters. The van der Waals surface area contributed by atoms with E-state index in [0.717, 1.165) is 25.7 Å². The van der Waals surface area contributed by atoms with Gasteiger partial charge in [0.05, 0.1) is 0 Å². The average molecular weight is 278 g/mol. The summed E-state index contributed by atoms with van der Waals surface area (Å²) in [5, 5.41) is 0. The first-order valence-corrected chi connectivity index (χ1v) is 8.10. The fraction of sp³-hybridized carbons (Fsp3) is 0.882. The molecule has 0 spiro atoms. The van der Waals surface area contributed by atoms with Gasteiger partial charge in [-0.1, -0.05) is 13.8 Å². The standard InChI is InChI=1S/C17H26O3/c1-10-13-6-7-17(3)9-12(20-11(2)18)8-15(17)14(13)4-5-16(10)19/h10,12-15H,4-9H2,1-3H3. The van der Waals surface area contributed by atoms with Crippen molar-refractivity contribution in [3.63, 3.8) is 0 Å². The highest BCUT2D eigenvalue weighted by Crippen LogP contribution is 2.60. The summed E-state index contributed by atoms with van der Waals surface area (Å²) in [6, 6.07) is 0. The molecule has 3 heteroatoms. The lowest BCUT2D eigenvalue weighted by molar-refractivity contribution is -0.146. The molecule has 0 heterocycles. The number of carbonyl (C=O) groups is 2. The average Bonchev–Trinajstić information content (AvgIpc) is 2.69. The SMILES string of the molecule is CC(=O)OC1CC2C3CCC(=O)C(C)C3CCC2(C)C1. The summed E-state index contributed by atoms with van der Waals surface area (Å²) in [6.45, 7) is 6.01. The highest BCUT2D eigenvalue weighted by molar-refractivity contribution is 5.81. The monoisotopic (exact) mass is 278 g/mol. The predicted molar refractivity (Wildman–Crippen MR) is 76.0 cm³/mol. The van der Waals surface area contributed by atoms with E-state index in [-0.39, 0.29) is 18.0 Å². The van der Waals surface area contributed by atoms with Crippen LogP contribution in [-0.2, 0) is 14.3 Å². The minimum absolute atomic E-state index is 0.106. The Morgan fingerprint density at radius 1 is 1.30 bits per heavy atom. The topological polar surface area (TPSA) is 43.4 Å². The molecule has 3 nitrogen and oxygen atoms in total. The highest BCUT2D eigenvalue weighted by atomic mass is 16.5. The quantitative estimate of drug-likeness (QED) is 0.691. The molecule has 0 amide bonds. The van der Waals surface area contributed by atoms with Crippen molar-refractivity contribution in [2.75, 3.05) is 0 Å². The van der Waals surface area contributed by atoms with Gasteiger partial charge in [0, 0.05) is 19.3 Å². The van der Waals surface area contributed by atoms with E-state index < -0.39 is 0 Å². The second-order valence-electron chi connectivity index (χ2n) is 7.59. The van der Waals surface area contributed by atoms with Crippen molar-refractivity contribution >= 4 is 11.8 Å². The zero-order valence-electron chi connectivity index (χ0n) is 12.9. The minimum atomic E-state index is -0.152. The molecule has 6 unspecified atom stereocenters. The molecule has 0 aromatic rings. The summed E-state index contributed by atoms with van der Waals surface area (Å²) < 4.78 is 5.49. The minimum Gasteiger partial charge on any atom is -0.463 e. The molecule has 3 saturated carbocycles. The van der Waals surface area contributed by atoms with E-state index in [1.165, 1.54) is 19.8 Å². The highest BCUT2D eigenvalue weighted by Gasteiger charge is 2.55. The van der Waals surface area contributed by atoms with E-state index in [4.69, 9.17) is 4.74 Å². The fourth-order valence-corrected chi connectivity index (χ4v) is 5.45. The first-order valence-electron chi connectivity index (χ1n) is 8.10. The summed E-state index contributed by atoms with van der Waals surface area (Å²) in [7, 11) is 0. The van der Waals surface area contributed by atoms with E-state index >= 15 is 0 Å². The third-order valence-electron chi connectivity index (χ3n) is 6.43. The van der Waals surface area contributed by atoms with Crippen LogP contribution in [0.2, 0.25) is 0 Å². The van der Waals surface area contributed by atoms with E-state index in [1.807, 2.05) is 0 Å². The van der Waals surface area contributed by atoms with Gasteiger partial charge >= 0.3 is 5.97 Å². The van der Waals surface area contributed by atoms with Gasteiger partial charge in [0.1, 0.15) is 11.9 Å². The molecule has 0 aliphatic heterocycles. The van der Waals surface area contributed by atoms with Gasteiger partial charge in [-0.3, -0.25) is 9.59 Å². The Labute approximate surface area is 121 Å². The molecule has 3 aliphatic rings. The molecule has 112 valence electrons. The lowest BCUT2D eigenvalue weighted by atomic mass is 9.54. The van der Waals surface area contributed by atoms with Crippen molar-refractivity contribution in [3.8, 4) is 0 Å². The molecule has 0 aromatic heterocycles. The van der Waals surface area contributed by atoms with Crippen LogP contribution in [0.25, 0.3) is 0 Å². The first kappa shape index (κ1) is 14.1. The maximum Gasteiger partial charge on any atom is 0.302 e. The zero-order valence-corrected chi connectivity index (χ0v) is 12.9. The summed E-state index contributed by atoms with van der Waals surface area (Å²) in [5.74, 6) is 2.44. The van der Waals surface area contributed by atoms with Gasteiger partial charge in [0.15, 0.2) is 0 Å². The molecular formula is C17H26O3. The van der Waals surface area contributed by atoms with E-state index in [0.29, 0.717) is 29.0 Å². The number of rotatable bonds is 1. The molecule has 0 bridgehead atoms. The van der Waals surface area contributed by atoms with E-state index in [9.17, 15) is 9.59 Å². The number of Topliss-reactive ketones (excluding diaryl/α,β-unsaturated/α-hetero) is 1. The number of carbonyl (C=O) groups excluding carboxylic acids is 2. The Kier molecular flexibility index (Phi) is 3.42. The molecule has 0 aromatic carbocycles. The van der Waals surface area contributed by atoms with Crippen LogP contribution in [-0.4, -0.2) is 17.9 Å². The van der Waals surface area contributed by atoms with Crippen LogP contribution in [0.15, 0.2) is 0 Å². The molecule has 20 heavy (non-hydrogen) atoms. The predicted octanol–water partition coefficient (Wildman–Crippen LogP) is 3.36. The Bertz CT molecular complexity index is 430. The van der Waals surface area contributed by atoms with Crippen molar-refractivity contribution in [2.24, 2.45) is 29.1 Å². The second-order valence-corrected chi connectivity index (χ2v) is 7.59. The summed E-state index contributed by atoms with van der Waals surface area (Å²) >= 11 is 0. The van der Waals surface area contributed by atoms with Crippen LogP contribution in [0, 0.1) is 29.1 Å². The van der Waals surface area contributed by atoms with Crippen LogP contribution in [0.4, 0.5) is 0 Å². The van der Waals surface area contributed by atoms with Crippen molar-refractivity contribution in [1.29, 1.82) is 0 Å². The summed E-state index contributed by atoms with van der Waals surface area (Å²) in [5.41, 5.74) is 0.321. The van der Waals surface area contributed by atoms with Crippen LogP contribution >= 0.6 is 0 Å². The largest absolute Gasteiger partial charge is 0.463 e. The zero-order chi connectivity index (χ0) is 14.5. The Morgan fingerprint density at radius 3 is 2.75 bits per heavy atom. The Morgan fingerprint density at radius 2 is 2.05 bits per heavy atom. The molecule has 3 fully saturated rings. The van der Waals surface area contributed by atoms with Gasteiger partial charge < -0.3 is 4.74 Å². The van der Waals surface area contributed by atoms with Gasteiger partial charge in [-0.05, 0) is 55.3 Å². The smallest absolute Gasteiger partial charge is 0.302 e. The summed E-state index contributed by atoms with van der Waals surface area (Å²) in [4.78, 5) is 23.2. The van der Waals surface area contributed by atoms with Crippen molar-refractivity contribution in [3.05, 3.63) is 0 Å².